The Morgan fingerprint density at radius 2 is 1.85 bits per heavy atom. The molecule has 1 aromatic heterocycles. The summed E-state index contributed by atoms with van der Waals surface area (Å²) in [6.45, 7) is 3.05. The molecule has 34 heavy (non-hydrogen) atoms. The predicted octanol–water partition coefficient (Wildman–Crippen LogP) is 5.22. The maximum Gasteiger partial charge on any atom is 0.232 e. The van der Waals surface area contributed by atoms with Crippen LogP contribution in [0.1, 0.15) is 50.6 Å². The predicted molar refractivity (Wildman–Crippen MR) is 133 cm³/mol. The average molecular weight is 480 g/mol. The van der Waals surface area contributed by atoms with Crippen molar-refractivity contribution >= 4 is 26.6 Å². The number of sulfonamides is 1. The molecule has 1 N–H and O–H groups in total. The Morgan fingerprint density at radius 1 is 1.12 bits per heavy atom. The molecule has 0 unspecified atom stereocenters. The second kappa shape index (κ2) is 9.32. The Balaban J connectivity index is 1.57. The van der Waals surface area contributed by atoms with Crippen molar-refractivity contribution in [3.05, 3.63) is 48.0 Å². The zero-order valence-electron chi connectivity index (χ0n) is 19.3. The Morgan fingerprint density at radius 3 is 2.47 bits per heavy atom. The van der Waals surface area contributed by atoms with Crippen molar-refractivity contribution in [3.63, 3.8) is 0 Å². The standard InChI is InChI=1S/C26H29N3O4S/c1-2-34(30,31)28-19-8-6-18(7-9-19)26-24(17-27)23-11-10-22(33-21-12-14-32-15-13-21)16-25(23)29(26)20-4-3-5-20/h6-11,16,20-21,28H,2-5,12-15H2,1H3. The third-order valence-electron chi connectivity index (χ3n) is 6.81. The lowest BCUT2D eigenvalue weighted by Gasteiger charge is -2.30. The number of nitrogens with one attached hydrogen (secondary N) is 1. The molecule has 7 nitrogen and oxygen atoms in total. The van der Waals surface area contributed by atoms with Crippen molar-refractivity contribution in [1.29, 1.82) is 5.26 Å². The van der Waals surface area contributed by atoms with Crippen molar-refractivity contribution in [3.8, 4) is 23.1 Å². The van der Waals surface area contributed by atoms with Crippen LogP contribution in [-0.2, 0) is 14.8 Å². The lowest BCUT2D eigenvalue weighted by atomic mass is 9.92. The van der Waals surface area contributed by atoms with E-state index in [4.69, 9.17) is 9.47 Å². The molecule has 0 bridgehead atoms. The molecule has 1 aliphatic heterocycles. The molecule has 8 heteroatoms. The van der Waals surface area contributed by atoms with Crippen LogP contribution in [0.2, 0.25) is 0 Å². The summed E-state index contributed by atoms with van der Waals surface area (Å²) < 4.78 is 40.4. The van der Waals surface area contributed by atoms with Crippen LogP contribution in [0, 0.1) is 11.3 Å². The van der Waals surface area contributed by atoms with Crippen molar-refractivity contribution in [2.75, 3.05) is 23.7 Å². The van der Waals surface area contributed by atoms with E-state index in [1.165, 1.54) is 6.42 Å². The quantitative estimate of drug-likeness (QED) is 0.501. The highest BCUT2D eigenvalue weighted by Gasteiger charge is 2.28. The highest BCUT2D eigenvalue weighted by atomic mass is 32.2. The summed E-state index contributed by atoms with van der Waals surface area (Å²) >= 11 is 0. The van der Waals surface area contributed by atoms with Crippen LogP contribution in [0.3, 0.4) is 0 Å². The molecule has 0 atom stereocenters. The third-order valence-corrected chi connectivity index (χ3v) is 8.12. The van der Waals surface area contributed by atoms with Gasteiger partial charge in [-0.15, -0.1) is 0 Å². The molecule has 2 fully saturated rings. The lowest BCUT2D eigenvalue weighted by molar-refractivity contribution is 0.0256. The molecular weight excluding hydrogens is 450 g/mol. The van der Waals surface area contributed by atoms with Gasteiger partial charge >= 0.3 is 0 Å². The van der Waals surface area contributed by atoms with Gasteiger partial charge in [-0.05, 0) is 56.0 Å². The van der Waals surface area contributed by atoms with Crippen LogP contribution in [0.15, 0.2) is 42.5 Å². The first-order chi connectivity index (χ1) is 16.5. The van der Waals surface area contributed by atoms with Gasteiger partial charge in [0.15, 0.2) is 0 Å². The molecule has 2 aliphatic rings. The summed E-state index contributed by atoms with van der Waals surface area (Å²) in [5, 5.41) is 11.0. The highest BCUT2D eigenvalue weighted by Crippen LogP contribution is 2.43. The first-order valence-electron chi connectivity index (χ1n) is 11.9. The number of hydrogen-bond donors (Lipinski definition) is 1. The number of aromatic nitrogens is 1. The minimum Gasteiger partial charge on any atom is -0.490 e. The topological polar surface area (TPSA) is 93.4 Å². The van der Waals surface area contributed by atoms with Gasteiger partial charge in [-0.2, -0.15) is 5.26 Å². The zero-order chi connectivity index (χ0) is 23.7. The van der Waals surface area contributed by atoms with Gasteiger partial charge in [-0.25, -0.2) is 8.42 Å². The molecule has 0 spiro atoms. The molecule has 2 aromatic carbocycles. The van der Waals surface area contributed by atoms with E-state index in [0.29, 0.717) is 17.3 Å². The number of hydrogen-bond acceptors (Lipinski definition) is 5. The maximum atomic E-state index is 11.9. The number of anilines is 1. The summed E-state index contributed by atoms with van der Waals surface area (Å²) in [6, 6.07) is 16.1. The number of nitriles is 1. The van der Waals surface area contributed by atoms with E-state index in [9.17, 15) is 13.7 Å². The minimum atomic E-state index is -3.35. The summed E-state index contributed by atoms with van der Waals surface area (Å²) in [5.74, 6) is 0.833. The van der Waals surface area contributed by atoms with Gasteiger partial charge in [0, 0.05) is 36.0 Å². The molecular formula is C26H29N3O4S. The molecule has 2 heterocycles. The van der Waals surface area contributed by atoms with Gasteiger partial charge in [0.05, 0.1) is 35.7 Å². The van der Waals surface area contributed by atoms with Crippen LogP contribution >= 0.6 is 0 Å². The van der Waals surface area contributed by atoms with Gasteiger partial charge in [0.2, 0.25) is 10.0 Å². The van der Waals surface area contributed by atoms with E-state index in [2.05, 4.69) is 21.4 Å². The fraction of sp³-hybridized carbons (Fsp3) is 0.423. The van der Waals surface area contributed by atoms with E-state index in [0.717, 1.165) is 66.8 Å². The zero-order valence-corrected chi connectivity index (χ0v) is 20.1. The van der Waals surface area contributed by atoms with Crippen LogP contribution in [0.25, 0.3) is 22.2 Å². The van der Waals surface area contributed by atoms with E-state index < -0.39 is 10.0 Å². The van der Waals surface area contributed by atoms with Crippen molar-refractivity contribution in [1.82, 2.24) is 4.57 Å². The smallest absolute Gasteiger partial charge is 0.232 e. The van der Waals surface area contributed by atoms with Gasteiger partial charge < -0.3 is 14.0 Å². The highest BCUT2D eigenvalue weighted by molar-refractivity contribution is 7.92. The molecule has 178 valence electrons. The molecule has 1 saturated heterocycles. The van der Waals surface area contributed by atoms with Crippen LogP contribution in [-0.4, -0.2) is 38.1 Å². The van der Waals surface area contributed by atoms with Gasteiger partial charge in [0.1, 0.15) is 17.9 Å². The molecule has 0 radical (unpaired) electrons. The van der Waals surface area contributed by atoms with Gasteiger partial charge in [-0.3, -0.25) is 4.72 Å². The summed E-state index contributed by atoms with van der Waals surface area (Å²) in [6.07, 6.45) is 5.21. The van der Waals surface area contributed by atoms with Gasteiger partial charge in [-0.1, -0.05) is 12.1 Å². The largest absolute Gasteiger partial charge is 0.490 e. The second-order valence-electron chi connectivity index (χ2n) is 8.98. The van der Waals surface area contributed by atoms with Crippen molar-refractivity contribution in [2.24, 2.45) is 0 Å². The second-order valence-corrected chi connectivity index (χ2v) is 11.0. The molecule has 0 amide bonds. The van der Waals surface area contributed by atoms with E-state index in [-0.39, 0.29) is 11.9 Å². The van der Waals surface area contributed by atoms with E-state index >= 15 is 0 Å². The Kier molecular flexibility index (Phi) is 6.24. The summed E-state index contributed by atoms with van der Waals surface area (Å²) in [7, 11) is -3.35. The van der Waals surface area contributed by atoms with Crippen LogP contribution < -0.4 is 9.46 Å². The number of rotatable bonds is 7. The maximum absolute atomic E-state index is 11.9. The van der Waals surface area contributed by atoms with Gasteiger partial charge in [0.25, 0.3) is 0 Å². The lowest BCUT2D eigenvalue weighted by Crippen LogP contribution is -2.25. The molecule has 3 aromatic rings. The normalized spacial score (nSPS) is 17.3. The molecule has 1 saturated carbocycles. The SMILES string of the molecule is CCS(=O)(=O)Nc1ccc(-c2c(C#N)c3ccc(OC4CCOCC4)cc3n2C2CCC2)cc1. The van der Waals surface area contributed by atoms with E-state index in [1.807, 2.05) is 24.3 Å². The first-order valence-corrected chi connectivity index (χ1v) is 13.6. The Bertz CT molecular complexity index is 1330. The minimum absolute atomic E-state index is 0.0154. The fourth-order valence-corrected chi connectivity index (χ4v) is 5.36. The number of benzene rings is 2. The monoisotopic (exact) mass is 479 g/mol. The number of nitrogens with zero attached hydrogens (tertiary/aromatic N) is 2. The Labute approximate surface area is 200 Å². The fourth-order valence-electron chi connectivity index (χ4n) is 4.72. The van der Waals surface area contributed by atoms with Crippen molar-refractivity contribution < 1.29 is 17.9 Å². The number of ether oxygens (including phenoxy) is 2. The first kappa shape index (κ1) is 22.8. The Hall–Kier alpha value is -3.02. The van der Waals surface area contributed by atoms with E-state index in [1.54, 1.807) is 19.1 Å². The average Bonchev–Trinajstić information content (AvgIpc) is 3.12. The molecule has 1 aliphatic carbocycles. The summed E-state index contributed by atoms with van der Waals surface area (Å²) in [4.78, 5) is 0. The number of fused-ring (bicyclic) bond motifs is 1. The van der Waals surface area contributed by atoms with Crippen LogP contribution in [0.4, 0.5) is 5.69 Å². The van der Waals surface area contributed by atoms with Crippen molar-refractivity contribution in [2.45, 2.75) is 51.2 Å². The summed E-state index contributed by atoms with van der Waals surface area (Å²) in [5.41, 5.74) is 3.95. The van der Waals surface area contributed by atoms with Crippen LogP contribution in [0.5, 0.6) is 5.75 Å². The third kappa shape index (κ3) is 4.38. The molecule has 5 rings (SSSR count).